The second-order valence-electron chi connectivity index (χ2n) is 4.74. The molecule has 1 aromatic carbocycles. The summed E-state index contributed by atoms with van der Waals surface area (Å²) in [6.45, 7) is 1.50. The van der Waals surface area contributed by atoms with E-state index in [1.807, 2.05) is 0 Å². The van der Waals surface area contributed by atoms with Crippen LogP contribution >= 0.6 is 0 Å². The minimum absolute atomic E-state index is 0.0521. The molecule has 0 radical (unpaired) electrons. The first-order valence-corrected chi connectivity index (χ1v) is 7.90. The van der Waals surface area contributed by atoms with E-state index in [4.69, 9.17) is 0 Å². The van der Waals surface area contributed by atoms with Gasteiger partial charge in [-0.15, -0.1) is 0 Å². The Bertz CT molecular complexity index is 470. The van der Waals surface area contributed by atoms with Crippen molar-refractivity contribution in [3.63, 3.8) is 0 Å². The monoisotopic (exact) mass is 283 g/mol. The third-order valence-corrected chi connectivity index (χ3v) is 4.56. The molecule has 1 fully saturated rings. The Morgan fingerprint density at radius 3 is 2.53 bits per heavy atom. The molecule has 1 aliphatic heterocycles. The molecule has 1 unspecified atom stereocenters. The first-order chi connectivity index (χ1) is 9.16. The van der Waals surface area contributed by atoms with Gasteiger partial charge in [-0.2, -0.15) is 0 Å². The van der Waals surface area contributed by atoms with E-state index in [0.29, 0.717) is 4.90 Å². The van der Waals surface area contributed by atoms with Crippen LogP contribution in [-0.4, -0.2) is 33.9 Å². The molecule has 2 rings (SSSR count). The quantitative estimate of drug-likeness (QED) is 0.854. The zero-order valence-corrected chi connectivity index (χ0v) is 11.6. The summed E-state index contributed by atoms with van der Waals surface area (Å²) < 4.78 is 25.1. The maximum absolute atomic E-state index is 13.0. The molecule has 1 atom stereocenters. The van der Waals surface area contributed by atoms with Crippen LogP contribution in [0, 0.1) is 5.82 Å². The smallest absolute Gasteiger partial charge is 0.235 e. The topological polar surface area (TPSA) is 37.4 Å². The lowest BCUT2D eigenvalue weighted by molar-refractivity contribution is -0.128. The molecule has 104 valence electrons. The normalized spacial score (nSPS) is 17.8. The second-order valence-corrected chi connectivity index (χ2v) is 6.19. The zero-order valence-electron chi connectivity index (χ0n) is 10.8. The van der Waals surface area contributed by atoms with Gasteiger partial charge < -0.3 is 4.90 Å². The van der Waals surface area contributed by atoms with Crippen molar-refractivity contribution in [1.82, 2.24) is 4.90 Å². The fourth-order valence-corrected chi connectivity index (χ4v) is 3.26. The summed E-state index contributed by atoms with van der Waals surface area (Å²) >= 11 is 0. The molecule has 5 heteroatoms. The van der Waals surface area contributed by atoms with E-state index in [1.165, 1.54) is 18.2 Å². The van der Waals surface area contributed by atoms with E-state index in [-0.39, 0.29) is 11.7 Å². The molecule has 1 aromatic rings. The van der Waals surface area contributed by atoms with Gasteiger partial charge in [-0.05, 0) is 31.0 Å². The molecule has 1 heterocycles. The van der Waals surface area contributed by atoms with E-state index in [1.54, 1.807) is 11.0 Å². The van der Waals surface area contributed by atoms with Crippen LogP contribution in [0.25, 0.3) is 0 Å². The Morgan fingerprint density at radius 2 is 1.89 bits per heavy atom. The number of amides is 1. The molecule has 19 heavy (non-hydrogen) atoms. The third-order valence-electron chi connectivity index (χ3n) is 3.27. The van der Waals surface area contributed by atoms with Crippen LogP contribution in [-0.2, 0) is 15.6 Å². The Kier molecular flexibility index (Phi) is 5.07. The largest absolute Gasteiger partial charge is 0.342 e. The average Bonchev–Trinajstić information content (AvgIpc) is 2.67. The molecule has 0 aliphatic carbocycles. The Morgan fingerprint density at radius 1 is 1.21 bits per heavy atom. The summed E-state index contributed by atoms with van der Waals surface area (Å²) in [6, 6.07) is 5.64. The predicted octanol–water partition coefficient (Wildman–Crippen LogP) is 2.34. The minimum Gasteiger partial charge on any atom is -0.342 e. The van der Waals surface area contributed by atoms with Crippen LogP contribution in [0.5, 0.6) is 0 Å². The third kappa shape index (κ3) is 4.13. The molecule has 1 amide bonds. The van der Waals surface area contributed by atoms with E-state index < -0.39 is 16.6 Å². The lowest BCUT2D eigenvalue weighted by Crippen LogP contribution is -2.35. The molecule has 0 bridgehead atoms. The summed E-state index contributed by atoms with van der Waals surface area (Å²) in [6.07, 6.45) is 4.32. The maximum Gasteiger partial charge on any atom is 0.235 e. The van der Waals surface area contributed by atoms with Gasteiger partial charge in [-0.1, -0.05) is 18.9 Å². The molecule has 1 aliphatic rings. The van der Waals surface area contributed by atoms with Gasteiger partial charge in [0.05, 0.1) is 10.8 Å². The number of carbonyl (C=O) groups excluding carboxylic acids is 1. The molecule has 0 aromatic heterocycles. The average molecular weight is 283 g/mol. The van der Waals surface area contributed by atoms with Gasteiger partial charge in [0.15, 0.2) is 0 Å². The number of likely N-dealkylation sites (tertiary alicyclic amines) is 1. The van der Waals surface area contributed by atoms with Crippen molar-refractivity contribution in [2.75, 3.05) is 18.8 Å². The summed E-state index contributed by atoms with van der Waals surface area (Å²) in [5, 5.41) is 0. The van der Waals surface area contributed by atoms with Crippen LogP contribution in [0.4, 0.5) is 4.39 Å². The van der Waals surface area contributed by atoms with Crippen LogP contribution in [0.2, 0.25) is 0 Å². The highest BCUT2D eigenvalue weighted by Gasteiger charge is 2.18. The second kappa shape index (κ2) is 6.80. The molecule has 0 N–H and O–H groups in total. The first kappa shape index (κ1) is 14.2. The van der Waals surface area contributed by atoms with Gasteiger partial charge in [-0.3, -0.25) is 9.00 Å². The lowest BCUT2D eigenvalue weighted by atomic mass is 10.2. The SMILES string of the molecule is O=C(CS(=O)c1cccc(F)c1)N1CCCCCC1. The van der Waals surface area contributed by atoms with Gasteiger partial charge >= 0.3 is 0 Å². The number of rotatable bonds is 3. The van der Waals surface area contributed by atoms with Crippen molar-refractivity contribution < 1.29 is 13.4 Å². The van der Waals surface area contributed by atoms with Gasteiger partial charge in [0, 0.05) is 18.0 Å². The highest BCUT2D eigenvalue weighted by molar-refractivity contribution is 7.85. The van der Waals surface area contributed by atoms with E-state index in [9.17, 15) is 13.4 Å². The lowest BCUT2D eigenvalue weighted by Gasteiger charge is -2.19. The predicted molar refractivity (Wildman–Crippen MR) is 72.7 cm³/mol. The molecule has 1 saturated heterocycles. The van der Waals surface area contributed by atoms with Crippen LogP contribution < -0.4 is 0 Å². The van der Waals surface area contributed by atoms with E-state index >= 15 is 0 Å². The first-order valence-electron chi connectivity index (χ1n) is 6.58. The maximum atomic E-state index is 13.0. The minimum atomic E-state index is -1.46. The Labute approximate surface area is 115 Å². The van der Waals surface area contributed by atoms with Crippen molar-refractivity contribution >= 4 is 16.7 Å². The fraction of sp³-hybridized carbons (Fsp3) is 0.500. The number of halogens is 1. The summed E-state index contributed by atoms with van der Waals surface area (Å²) in [4.78, 5) is 14.2. The number of hydrogen-bond acceptors (Lipinski definition) is 2. The van der Waals surface area contributed by atoms with Crippen molar-refractivity contribution in [3.05, 3.63) is 30.1 Å². The molecule has 0 spiro atoms. The van der Waals surface area contributed by atoms with Crippen molar-refractivity contribution in [3.8, 4) is 0 Å². The van der Waals surface area contributed by atoms with Gasteiger partial charge in [0.1, 0.15) is 11.6 Å². The van der Waals surface area contributed by atoms with Crippen molar-refractivity contribution in [2.45, 2.75) is 30.6 Å². The summed E-state index contributed by atoms with van der Waals surface area (Å²) in [5.74, 6) is -0.568. The van der Waals surface area contributed by atoms with Crippen LogP contribution in [0.1, 0.15) is 25.7 Å². The number of benzene rings is 1. The molecular weight excluding hydrogens is 265 g/mol. The number of carbonyl (C=O) groups is 1. The molecule has 0 saturated carbocycles. The Balaban J connectivity index is 1.96. The van der Waals surface area contributed by atoms with E-state index in [0.717, 1.165) is 38.8 Å². The highest BCUT2D eigenvalue weighted by atomic mass is 32.2. The van der Waals surface area contributed by atoms with Crippen LogP contribution in [0.3, 0.4) is 0 Å². The summed E-state index contributed by atoms with van der Waals surface area (Å²) in [5.41, 5.74) is 0. The number of hydrogen-bond donors (Lipinski definition) is 0. The summed E-state index contributed by atoms with van der Waals surface area (Å²) in [7, 11) is -1.46. The van der Waals surface area contributed by atoms with Gasteiger partial charge in [0.2, 0.25) is 5.91 Å². The van der Waals surface area contributed by atoms with Gasteiger partial charge in [-0.25, -0.2) is 4.39 Å². The van der Waals surface area contributed by atoms with Crippen molar-refractivity contribution in [2.24, 2.45) is 0 Å². The number of nitrogens with zero attached hydrogens (tertiary/aromatic N) is 1. The van der Waals surface area contributed by atoms with Crippen molar-refractivity contribution in [1.29, 1.82) is 0 Å². The van der Waals surface area contributed by atoms with Crippen LogP contribution in [0.15, 0.2) is 29.2 Å². The fourth-order valence-electron chi connectivity index (χ4n) is 2.22. The molecule has 3 nitrogen and oxygen atoms in total. The van der Waals surface area contributed by atoms with E-state index in [2.05, 4.69) is 0 Å². The van der Waals surface area contributed by atoms with Gasteiger partial charge in [0.25, 0.3) is 0 Å². The molecular formula is C14H18FNO2S. The zero-order chi connectivity index (χ0) is 13.7. The Hall–Kier alpha value is -1.23. The highest BCUT2D eigenvalue weighted by Crippen LogP contribution is 2.13. The standard InChI is InChI=1S/C14H18FNO2S/c15-12-6-5-7-13(10-12)19(18)11-14(17)16-8-3-1-2-4-9-16/h5-7,10H,1-4,8-9,11H2.